The summed E-state index contributed by atoms with van der Waals surface area (Å²) in [6.07, 6.45) is 9.93. The Labute approximate surface area is 275 Å². The second kappa shape index (κ2) is 11.3. The summed E-state index contributed by atoms with van der Waals surface area (Å²) >= 11 is 0. The highest BCUT2D eigenvalue weighted by Crippen LogP contribution is 2.46. The summed E-state index contributed by atoms with van der Waals surface area (Å²) in [6.45, 7) is 5.86. The molecule has 4 aliphatic heterocycles. The number of furan rings is 1. The van der Waals surface area contributed by atoms with Gasteiger partial charge >= 0.3 is 6.01 Å². The zero-order valence-corrected chi connectivity index (χ0v) is 26.6. The number of anilines is 1. The molecule has 2 bridgehead atoms. The zero-order chi connectivity index (χ0) is 32.7. The maximum atomic E-state index is 17.5. The van der Waals surface area contributed by atoms with E-state index < -0.39 is 11.6 Å². The third kappa shape index (κ3) is 4.69. The number of nitrogens with one attached hydrogen (secondary N) is 1. The van der Waals surface area contributed by atoms with Gasteiger partial charge in [0.25, 0.3) is 0 Å². The van der Waals surface area contributed by atoms with Crippen LogP contribution in [0.2, 0.25) is 0 Å². The second-order valence-corrected chi connectivity index (χ2v) is 13.6. The van der Waals surface area contributed by atoms with Crippen molar-refractivity contribution in [1.29, 1.82) is 0 Å². The first kappa shape index (κ1) is 29.6. The molecular weight excluding hydrogens is 616 g/mol. The summed E-state index contributed by atoms with van der Waals surface area (Å²) in [6, 6.07) is 8.77. The van der Waals surface area contributed by atoms with Crippen LogP contribution in [0.5, 0.6) is 11.8 Å². The Morgan fingerprint density at radius 3 is 2.73 bits per heavy atom. The van der Waals surface area contributed by atoms with Crippen LogP contribution in [0.15, 0.2) is 34.7 Å². The highest BCUT2D eigenvalue weighted by atomic mass is 19.1. The van der Waals surface area contributed by atoms with Gasteiger partial charge in [0.2, 0.25) is 0 Å². The molecule has 4 fully saturated rings. The van der Waals surface area contributed by atoms with Gasteiger partial charge < -0.3 is 29.2 Å². The van der Waals surface area contributed by atoms with Gasteiger partial charge in [0.15, 0.2) is 5.82 Å². The van der Waals surface area contributed by atoms with E-state index in [1.54, 1.807) is 6.92 Å². The van der Waals surface area contributed by atoms with Crippen LogP contribution in [0.25, 0.3) is 43.8 Å². The molecule has 3 aromatic carbocycles. The van der Waals surface area contributed by atoms with Crippen molar-refractivity contribution in [1.82, 2.24) is 20.2 Å². The Morgan fingerprint density at radius 2 is 1.92 bits per heavy atom. The number of terminal acetylenes is 1. The molecule has 4 saturated heterocycles. The first-order valence-electron chi connectivity index (χ1n) is 16.7. The number of halogens is 2. The number of aromatic nitrogens is 2. The summed E-state index contributed by atoms with van der Waals surface area (Å²) in [5.74, 6) is 2.16. The number of piperazine rings is 1. The molecule has 0 amide bonds. The molecule has 2 unspecified atom stereocenters. The van der Waals surface area contributed by atoms with Crippen molar-refractivity contribution in [3.63, 3.8) is 0 Å². The molecule has 246 valence electrons. The van der Waals surface area contributed by atoms with E-state index in [1.165, 1.54) is 24.3 Å². The van der Waals surface area contributed by atoms with Gasteiger partial charge in [-0.05, 0) is 62.3 Å². The molecule has 6 heterocycles. The second-order valence-electron chi connectivity index (χ2n) is 13.6. The lowest BCUT2D eigenvalue weighted by atomic mass is 9.91. The average Bonchev–Trinajstić information content (AvgIpc) is 3.78. The van der Waals surface area contributed by atoms with E-state index in [0.717, 1.165) is 38.8 Å². The maximum absolute atomic E-state index is 17.5. The summed E-state index contributed by atoms with van der Waals surface area (Å²) < 4.78 is 50.8. The summed E-state index contributed by atoms with van der Waals surface area (Å²) in [5, 5.41) is 16.4. The van der Waals surface area contributed by atoms with Crippen LogP contribution in [0.3, 0.4) is 0 Å². The molecule has 11 heteroatoms. The molecule has 5 aromatic rings. The van der Waals surface area contributed by atoms with Crippen molar-refractivity contribution in [3.8, 4) is 35.2 Å². The Bertz CT molecular complexity index is 2150. The predicted molar refractivity (Wildman–Crippen MR) is 178 cm³/mol. The lowest BCUT2D eigenvalue weighted by molar-refractivity contribution is -0.0101. The fourth-order valence-corrected chi connectivity index (χ4v) is 8.50. The summed E-state index contributed by atoms with van der Waals surface area (Å²) in [5.41, 5.74) is 0.535. The van der Waals surface area contributed by atoms with Crippen molar-refractivity contribution in [2.75, 3.05) is 44.4 Å². The van der Waals surface area contributed by atoms with Crippen molar-refractivity contribution in [3.05, 3.63) is 53.3 Å². The third-order valence-corrected chi connectivity index (χ3v) is 10.6. The normalized spacial score (nSPS) is 24.1. The molecule has 0 aliphatic carbocycles. The minimum absolute atomic E-state index is 0.0277. The van der Waals surface area contributed by atoms with Crippen molar-refractivity contribution < 1.29 is 27.8 Å². The van der Waals surface area contributed by atoms with Crippen LogP contribution < -0.4 is 15.0 Å². The maximum Gasteiger partial charge on any atom is 0.319 e. The number of phenols is 1. The Kier molecular flexibility index (Phi) is 6.97. The number of hydrogen-bond donors (Lipinski definition) is 2. The topological polar surface area (TPSA) is 96.1 Å². The summed E-state index contributed by atoms with van der Waals surface area (Å²) in [4.78, 5) is 14.4. The lowest BCUT2D eigenvalue weighted by Gasteiger charge is -2.35. The van der Waals surface area contributed by atoms with E-state index in [0.29, 0.717) is 77.6 Å². The van der Waals surface area contributed by atoms with Gasteiger partial charge in [-0.25, -0.2) is 8.78 Å². The number of morpholine rings is 1. The van der Waals surface area contributed by atoms with Gasteiger partial charge in [-0.15, -0.1) is 6.42 Å². The fraction of sp³-hybridized carbons (Fsp3) is 0.405. The first-order chi connectivity index (χ1) is 23.4. The Morgan fingerprint density at radius 1 is 1.08 bits per heavy atom. The van der Waals surface area contributed by atoms with E-state index in [2.05, 4.69) is 21.0 Å². The smallest absolute Gasteiger partial charge is 0.319 e. The SMILES string of the molecule is C#Cc1c(F)ccc2cc(O)cc(-c3c(F)c4nc(OC[C@@H]5CC[C@H]6COCCN65)nc(N5CC6CCC(C5)N6)c4c4cc(C)oc34)c12. The fourth-order valence-electron chi connectivity index (χ4n) is 8.50. The Balaban J connectivity index is 1.27. The first-order valence-corrected chi connectivity index (χ1v) is 16.7. The van der Waals surface area contributed by atoms with Crippen molar-refractivity contribution >= 4 is 38.5 Å². The standard InChI is InChI=1S/C37H35F2N5O4/c1-3-26-29(38)9-4-20-13-25(45)14-27(30(20)26)31-33(39)34-32(28-12-19(2)48-35(28)31)36(43-15-21-5-6-22(16-43)40-21)42-37(41-34)47-18-24-8-7-23-17-46-11-10-44(23)24/h1,4,9,12-14,21-24,40,45H,5-8,10-11,15-18H2,2H3/t21?,22?,23-,24-/m0/s1. The minimum Gasteiger partial charge on any atom is -0.508 e. The predicted octanol–water partition coefficient (Wildman–Crippen LogP) is 5.65. The molecule has 0 radical (unpaired) electrons. The van der Waals surface area contributed by atoms with E-state index in [-0.39, 0.29) is 45.6 Å². The van der Waals surface area contributed by atoms with Crippen LogP contribution in [0.1, 0.15) is 37.0 Å². The van der Waals surface area contributed by atoms with Crippen molar-refractivity contribution in [2.45, 2.75) is 56.8 Å². The van der Waals surface area contributed by atoms with Crippen LogP contribution in [-0.2, 0) is 4.74 Å². The molecular formula is C37H35F2N5O4. The van der Waals surface area contributed by atoms with Gasteiger partial charge in [0.1, 0.15) is 40.9 Å². The number of benzene rings is 3. The lowest BCUT2D eigenvalue weighted by Crippen LogP contribution is -2.51. The summed E-state index contributed by atoms with van der Waals surface area (Å²) in [7, 11) is 0. The van der Waals surface area contributed by atoms with Crippen molar-refractivity contribution in [2.24, 2.45) is 0 Å². The Hall–Kier alpha value is -4.50. The highest BCUT2D eigenvalue weighted by molar-refractivity contribution is 6.18. The zero-order valence-electron chi connectivity index (χ0n) is 26.6. The molecule has 9 nitrogen and oxygen atoms in total. The van der Waals surface area contributed by atoms with E-state index in [9.17, 15) is 5.11 Å². The molecule has 2 aromatic heterocycles. The van der Waals surface area contributed by atoms with Crippen LogP contribution in [0, 0.1) is 30.9 Å². The molecule has 0 spiro atoms. The van der Waals surface area contributed by atoms with Crippen LogP contribution in [0.4, 0.5) is 14.6 Å². The number of phenolic OH excluding ortho intramolecular Hbond substituents is 1. The molecule has 0 saturated carbocycles. The average molecular weight is 652 g/mol. The largest absolute Gasteiger partial charge is 0.508 e. The number of fused-ring (bicyclic) bond motifs is 7. The number of ether oxygens (including phenoxy) is 2. The molecule has 2 N–H and O–H groups in total. The van der Waals surface area contributed by atoms with Gasteiger partial charge in [0.05, 0.1) is 29.7 Å². The molecule has 4 atom stereocenters. The van der Waals surface area contributed by atoms with Gasteiger partial charge in [-0.3, -0.25) is 4.90 Å². The number of nitrogens with zero attached hydrogens (tertiary/aromatic N) is 4. The van der Waals surface area contributed by atoms with Gasteiger partial charge in [-0.1, -0.05) is 12.0 Å². The van der Waals surface area contributed by atoms with Crippen LogP contribution >= 0.6 is 0 Å². The van der Waals surface area contributed by atoms with E-state index in [1.807, 2.05) is 6.07 Å². The number of rotatable bonds is 5. The van der Waals surface area contributed by atoms with Gasteiger partial charge in [0, 0.05) is 60.1 Å². The van der Waals surface area contributed by atoms with E-state index in [4.69, 9.17) is 30.3 Å². The minimum atomic E-state index is -0.688. The van der Waals surface area contributed by atoms with E-state index >= 15 is 8.78 Å². The monoisotopic (exact) mass is 651 g/mol. The van der Waals surface area contributed by atoms with Gasteiger partial charge in [-0.2, -0.15) is 9.97 Å². The number of aryl methyl sites for hydroxylation is 1. The number of aromatic hydroxyl groups is 1. The number of hydrogen-bond acceptors (Lipinski definition) is 9. The molecule has 4 aliphatic rings. The highest BCUT2D eigenvalue weighted by Gasteiger charge is 2.37. The third-order valence-electron chi connectivity index (χ3n) is 10.6. The molecule has 48 heavy (non-hydrogen) atoms. The quantitative estimate of drug-likeness (QED) is 0.234. The van der Waals surface area contributed by atoms with Crippen LogP contribution in [-0.4, -0.2) is 83.6 Å². The molecule has 9 rings (SSSR count).